The Morgan fingerprint density at radius 2 is 1.65 bits per heavy atom. The first-order valence-corrected chi connectivity index (χ1v) is 7.60. The summed E-state index contributed by atoms with van der Waals surface area (Å²) < 4.78 is 6.23. The van der Waals surface area contributed by atoms with Crippen LogP contribution in [0.4, 0.5) is 0 Å². The molecule has 1 aliphatic heterocycles. The Labute approximate surface area is 111 Å². The highest BCUT2D eigenvalue weighted by Crippen LogP contribution is 2.49. The molecule has 0 aromatic heterocycles. The Balaban J connectivity index is 2.15. The Morgan fingerprint density at radius 3 is 2.24 bits per heavy atom. The van der Waals surface area contributed by atoms with Crippen molar-refractivity contribution < 1.29 is 4.74 Å². The summed E-state index contributed by atoms with van der Waals surface area (Å²) in [5, 5.41) is 0.360. The number of alkyl halides is 1. The monoisotopic (exact) mass is 258 g/mol. The molecule has 100 valence electrons. The van der Waals surface area contributed by atoms with Crippen molar-refractivity contribution >= 4 is 11.6 Å². The second kappa shape index (κ2) is 4.74. The van der Waals surface area contributed by atoms with E-state index in [4.69, 9.17) is 16.3 Å². The van der Waals surface area contributed by atoms with Crippen LogP contribution in [0.2, 0.25) is 0 Å². The molecule has 1 nitrogen and oxygen atoms in total. The maximum atomic E-state index is 6.63. The SMILES string of the molecule is CC1(C)CC(C2CCCCCC2Cl)C(C)(C)O1. The highest BCUT2D eigenvalue weighted by molar-refractivity contribution is 6.20. The van der Waals surface area contributed by atoms with Crippen LogP contribution in [0.25, 0.3) is 0 Å². The minimum Gasteiger partial charge on any atom is -0.369 e. The number of hydrogen-bond donors (Lipinski definition) is 0. The maximum Gasteiger partial charge on any atom is 0.0666 e. The summed E-state index contributed by atoms with van der Waals surface area (Å²) in [4.78, 5) is 0. The molecule has 1 heterocycles. The van der Waals surface area contributed by atoms with Crippen molar-refractivity contribution in [3.05, 3.63) is 0 Å². The fraction of sp³-hybridized carbons (Fsp3) is 1.00. The molecule has 3 atom stereocenters. The maximum absolute atomic E-state index is 6.63. The fourth-order valence-corrected chi connectivity index (χ4v) is 4.47. The molecule has 0 bridgehead atoms. The zero-order chi connectivity index (χ0) is 12.7. The van der Waals surface area contributed by atoms with E-state index in [1.807, 2.05) is 0 Å². The first-order chi connectivity index (χ1) is 7.82. The van der Waals surface area contributed by atoms with Crippen LogP contribution in [0, 0.1) is 11.8 Å². The van der Waals surface area contributed by atoms with Crippen molar-refractivity contribution in [1.82, 2.24) is 0 Å². The van der Waals surface area contributed by atoms with Crippen molar-refractivity contribution in [1.29, 1.82) is 0 Å². The molecule has 1 saturated heterocycles. The summed E-state index contributed by atoms with van der Waals surface area (Å²) in [6.07, 6.45) is 7.66. The molecule has 0 N–H and O–H groups in total. The van der Waals surface area contributed by atoms with E-state index in [1.54, 1.807) is 0 Å². The smallest absolute Gasteiger partial charge is 0.0666 e. The van der Waals surface area contributed by atoms with E-state index in [2.05, 4.69) is 27.7 Å². The molecule has 2 heteroatoms. The third-order valence-electron chi connectivity index (χ3n) is 4.64. The summed E-state index contributed by atoms with van der Waals surface area (Å²) >= 11 is 6.63. The lowest BCUT2D eigenvalue weighted by molar-refractivity contribution is -0.0804. The normalized spacial score (nSPS) is 41.1. The van der Waals surface area contributed by atoms with Gasteiger partial charge in [-0.05, 0) is 58.8 Å². The molecule has 0 spiro atoms. The summed E-state index contributed by atoms with van der Waals surface area (Å²) in [5.74, 6) is 1.27. The molecule has 1 aliphatic carbocycles. The van der Waals surface area contributed by atoms with E-state index in [0.717, 1.165) is 6.42 Å². The van der Waals surface area contributed by atoms with Gasteiger partial charge in [-0.2, -0.15) is 0 Å². The van der Waals surface area contributed by atoms with Gasteiger partial charge in [0.25, 0.3) is 0 Å². The zero-order valence-electron chi connectivity index (χ0n) is 11.8. The second-order valence-electron chi connectivity index (χ2n) is 7.09. The molecule has 17 heavy (non-hydrogen) atoms. The molecule has 1 saturated carbocycles. The number of ether oxygens (including phenoxy) is 1. The van der Waals surface area contributed by atoms with E-state index in [9.17, 15) is 0 Å². The standard InChI is InChI=1S/C15H27ClO/c1-14(2)10-12(15(3,4)17-14)11-8-6-5-7-9-13(11)16/h11-13H,5-10H2,1-4H3. The van der Waals surface area contributed by atoms with Crippen LogP contribution in [-0.4, -0.2) is 16.6 Å². The minimum atomic E-state index is -0.00829. The second-order valence-corrected chi connectivity index (χ2v) is 7.65. The van der Waals surface area contributed by atoms with Gasteiger partial charge >= 0.3 is 0 Å². The van der Waals surface area contributed by atoms with Gasteiger partial charge in [-0.15, -0.1) is 11.6 Å². The zero-order valence-corrected chi connectivity index (χ0v) is 12.5. The molecule has 2 fully saturated rings. The van der Waals surface area contributed by atoms with Crippen LogP contribution in [0.1, 0.15) is 66.2 Å². The van der Waals surface area contributed by atoms with Crippen LogP contribution in [0.5, 0.6) is 0 Å². The van der Waals surface area contributed by atoms with Crippen molar-refractivity contribution in [2.75, 3.05) is 0 Å². The Bertz CT molecular complexity index is 272. The quantitative estimate of drug-likeness (QED) is 0.486. The van der Waals surface area contributed by atoms with Crippen LogP contribution in [0.15, 0.2) is 0 Å². The van der Waals surface area contributed by atoms with Gasteiger partial charge < -0.3 is 4.74 Å². The summed E-state index contributed by atoms with van der Waals surface area (Å²) in [7, 11) is 0. The van der Waals surface area contributed by atoms with E-state index in [1.165, 1.54) is 32.1 Å². The Morgan fingerprint density at radius 1 is 1.00 bits per heavy atom. The molecule has 2 aliphatic rings. The largest absolute Gasteiger partial charge is 0.369 e. The van der Waals surface area contributed by atoms with Gasteiger partial charge in [-0.1, -0.05) is 19.3 Å². The summed E-state index contributed by atoms with van der Waals surface area (Å²) in [6.45, 7) is 8.94. The van der Waals surface area contributed by atoms with Crippen molar-refractivity contribution in [3.63, 3.8) is 0 Å². The van der Waals surface area contributed by atoms with Gasteiger partial charge in [0.05, 0.1) is 11.2 Å². The van der Waals surface area contributed by atoms with Gasteiger partial charge in [-0.25, -0.2) is 0 Å². The van der Waals surface area contributed by atoms with Gasteiger partial charge in [-0.3, -0.25) is 0 Å². The number of rotatable bonds is 1. The van der Waals surface area contributed by atoms with Crippen LogP contribution in [-0.2, 0) is 4.74 Å². The Kier molecular flexibility index (Phi) is 3.81. The third kappa shape index (κ3) is 2.98. The lowest BCUT2D eigenvalue weighted by Gasteiger charge is -2.34. The first kappa shape index (κ1) is 13.7. The van der Waals surface area contributed by atoms with E-state index >= 15 is 0 Å². The summed E-state index contributed by atoms with van der Waals surface area (Å²) in [6, 6.07) is 0. The lowest BCUT2D eigenvalue weighted by Crippen LogP contribution is -2.36. The van der Waals surface area contributed by atoms with Crippen molar-refractivity contribution in [2.24, 2.45) is 11.8 Å². The van der Waals surface area contributed by atoms with Crippen LogP contribution in [0.3, 0.4) is 0 Å². The topological polar surface area (TPSA) is 9.23 Å². The molecule has 0 aromatic rings. The molecule has 2 rings (SSSR count). The molecular weight excluding hydrogens is 232 g/mol. The number of halogens is 1. The molecule has 0 aromatic carbocycles. The van der Waals surface area contributed by atoms with Crippen molar-refractivity contribution in [3.8, 4) is 0 Å². The van der Waals surface area contributed by atoms with Crippen LogP contribution < -0.4 is 0 Å². The van der Waals surface area contributed by atoms with Crippen LogP contribution >= 0.6 is 11.6 Å². The van der Waals surface area contributed by atoms with E-state index in [0.29, 0.717) is 17.2 Å². The average molecular weight is 259 g/mol. The van der Waals surface area contributed by atoms with Gasteiger partial charge in [0.2, 0.25) is 0 Å². The lowest BCUT2D eigenvalue weighted by atomic mass is 9.74. The molecular formula is C15H27ClO. The highest BCUT2D eigenvalue weighted by Gasteiger charge is 2.50. The predicted octanol–water partition coefficient (Wildman–Crippen LogP) is 4.77. The van der Waals surface area contributed by atoms with Gasteiger partial charge in [0.1, 0.15) is 0 Å². The molecule has 0 radical (unpaired) electrons. The van der Waals surface area contributed by atoms with Gasteiger partial charge in [0.15, 0.2) is 0 Å². The molecule has 0 amide bonds. The Hall–Kier alpha value is 0.250. The fourth-order valence-electron chi connectivity index (χ4n) is 4.02. The van der Waals surface area contributed by atoms with Crippen molar-refractivity contribution in [2.45, 2.75) is 82.8 Å². The first-order valence-electron chi connectivity index (χ1n) is 7.16. The highest BCUT2D eigenvalue weighted by atomic mass is 35.5. The third-order valence-corrected chi connectivity index (χ3v) is 5.18. The average Bonchev–Trinajstić information content (AvgIpc) is 2.36. The van der Waals surface area contributed by atoms with Gasteiger partial charge in [0, 0.05) is 5.38 Å². The number of hydrogen-bond acceptors (Lipinski definition) is 1. The minimum absolute atomic E-state index is 0.00829. The van der Waals surface area contributed by atoms with E-state index < -0.39 is 0 Å². The predicted molar refractivity (Wildman–Crippen MR) is 73.6 cm³/mol. The molecule has 3 unspecified atom stereocenters. The van der Waals surface area contributed by atoms with E-state index in [-0.39, 0.29) is 11.2 Å². The summed E-state index contributed by atoms with van der Waals surface area (Å²) in [5.41, 5.74) is 0.0166.